The Bertz CT molecular complexity index is 460. The minimum absolute atomic E-state index is 0.407. The molecule has 4 heteroatoms. The Labute approximate surface area is 117 Å². The highest BCUT2D eigenvalue weighted by molar-refractivity contribution is 8.00. The van der Waals surface area contributed by atoms with Gasteiger partial charge in [-0.25, -0.2) is 0 Å². The smallest absolute Gasteiger partial charge is 0.323 e. The molecule has 0 aliphatic heterocycles. The van der Waals surface area contributed by atoms with Crippen molar-refractivity contribution in [2.75, 3.05) is 0 Å². The highest BCUT2D eigenvalue weighted by atomic mass is 32.2. The van der Waals surface area contributed by atoms with Gasteiger partial charge in [-0.2, -0.15) is 0 Å². The van der Waals surface area contributed by atoms with Crippen LogP contribution < -0.4 is 5.32 Å². The lowest BCUT2D eigenvalue weighted by molar-refractivity contribution is -0.144. The van der Waals surface area contributed by atoms with Crippen molar-refractivity contribution in [2.45, 2.75) is 53.8 Å². The zero-order chi connectivity index (χ0) is 13.3. The molecular formula is C15H19NO2S. The van der Waals surface area contributed by atoms with Crippen LogP contribution in [-0.4, -0.2) is 27.9 Å². The first-order valence-electron chi connectivity index (χ1n) is 6.91. The van der Waals surface area contributed by atoms with Gasteiger partial charge in [0.1, 0.15) is 5.54 Å². The van der Waals surface area contributed by atoms with E-state index in [0.717, 1.165) is 32.1 Å². The maximum Gasteiger partial charge on any atom is 0.323 e. The van der Waals surface area contributed by atoms with Crippen molar-refractivity contribution in [1.82, 2.24) is 5.32 Å². The normalized spacial score (nSPS) is 30.4. The number of hydrogen-bond acceptors (Lipinski definition) is 3. The number of carboxylic acid groups (broad SMARTS) is 1. The van der Waals surface area contributed by atoms with Gasteiger partial charge in [-0.3, -0.25) is 10.1 Å². The second-order valence-corrected chi connectivity index (χ2v) is 6.98. The topological polar surface area (TPSA) is 49.3 Å². The predicted molar refractivity (Wildman–Crippen MR) is 76.5 cm³/mol. The number of nitrogens with one attached hydrogen (secondary N) is 1. The maximum absolute atomic E-state index is 11.6. The first kappa shape index (κ1) is 13.0. The van der Waals surface area contributed by atoms with E-state index in [1.165, 1.54) is 4.90 Å². The monoisotopic (exact) mass is 277 g/mol. The van der Waals surface area contributed by atoms with Crippen LogP contribution in [0.4, 0.5) is 0 Å². The molecular weight excluding hydrogens is 258 g/mol. The predicted octanol–water partition coefficient (Wildman–Crippen LogP) is 2.91. The summed E-state index contributed by atoms with van der Waals surface area (Å²) < 4.78 is 0. The van der Waals surface area contributed by atoms with E-state index in [1.807, 2.05) is 30.0 Å². The molecule has 0 spiro atoms. The van der Waals surface area contributed by atoms with E-state index in [4.69, 9.17) is 0 Å². The first-order chi connectivity index (χ1) is 9.18. The summed E-state index contributed by atoms with van der Waals surface area (Å²) in [6.07, 6.45) is 4.73. The van der Waals surface area contributed by atoms with Crippen molar-refractivity contribution >= 4 is 17.7 Å². The average Bonchev–Trinajstić information content (AvgIpc) is 3.11. The number of hydrogen-bond donors (Lipinski definition) is 2. The summed E-state index contributed by atoms with van der Waals surface area (Å²) in [4.78, 5) is 12.8. The highest BCUT2D eigenvalue weighted by Crippen LogP contribution is 2.41. The first-order valence-corrected chi connectivity index (χ1v) is 7.79. The average molecular weight is 277 g/mol. The van der Waals surface area contributed by atoms with Crippen LogP contribution in [0.1, 0.15) is 32.1 Å². The summed E-state index contributed by atoms with van der Waals surface area (Å²) in [7, 11) is 0. The van der Waals surface area contributed by atoms with Crippen LogP contribution in [0.15, 0.2) is 35.2 Å². The van der Waals surface area contributed by atoms with Gasteiger partial charge < -0.3 is 5.11 Å². The van der Waals surface area contributed by atoms with Gasteiger partial charge in [-0.05, 0) is 44.2 Å². The molecule has 0 amide bonds. The Balaban J connectivity index is 1.65. The van der Waals surface area contributed by atoms with Crippen LogP contribution in [0.3, 0.4) is 0 Å². The van der Waals surface area contributed by atoms with E-state index in [1.54, 1.807) is 0 Å². The van der Waals surface area contributed by atoms with E-state index >= 15 is 0 Å². The van der Waals surface area contributed by atoms with Gasteiger partial charge in [0, 0.05) is 16.2 Å². The molecule has 0 saturated heterocycles. The van der Waals surface area contributed by atoms with Gasteiger partial charge in [0.05, 0.1) is 0 Å². The zero-order valence-electron chi connectivity index (χ0n) is 10.8. The fraction of sp³-hybridized carbons (Fsp3) is 0.533. The molecule has 0 heterocycles. The van der Waals surface area contributed by atoms with Gasteiger partial charge in [0.25, 0.3) is 0 Å². The Kier molecular flexibility index (Phi) is 3.54. The zero-order valence-corrected chi connectivity index (χ0v) is 11.7. The van der Waals surface area contributed by atoms with Crippen LogP contribution in [0.25, 0.3) is 0 Å². The fourth-order valence-electron chi connectivity index (χ4n) is 2.80. The number of benzene rings is 1. The number of carboxylic acids is 1. The van der Waals surface area contributed by atoms with Gasteiger partial charge in [-0.15, -0.1) is 11.8 Å². The van der Waals surface area contributed by atoms with Gasteiger partial charge in [0.15, 0.2) is 0 Å². The lowest BCUT2D eigenvalue weighted by Gasteiger charge is -2.26. The maximum atomic E-state index is 11.6. The van der Waals surface area contributed by atoms with E-state index < -0.39 is 11.5 Å². The Morgan fingerprint density at radius 3 is 2.63 bits per heavy atom. The molecule has 2 aliphatic rings. The van der Waals surface area contributed by atoms with Crippen LogP contribution in [0.5, 0.6) is 0 Å². The van der Waals surface area contributed by atoms with Crippen LogP contribution in [0.2, 0.25) is 0 Å². The molecule has 2 aliphatic carbocycles. The minimum atomic E-state index is -0.673. The molecule has 2 unspecified atom stereocenters. The third-order valence-corrected chi connectivity index (χ3v) is 5.26. The van der Waals surface area contributed by atoms with Crippen molar-refractivity contribution in [2.24, 2.45) is 0 Å². The second-order valence-electron chi connectivity index (χ2n) is 5.60. The quantitative estimate of drug-likeness (QED) is 0.869. The second kappa shape index (κ2) is 5.17. The summed E-state index contributed by atoms with van der Waals surface area (Å²) >= 11 is 1.82. The molecule has 0 bridgehead atoms. The van der Waals surface area contributed by atoms with Crippen LogP contribution >= 0.6 is 11.8 Å². The molecule has 19 heavy (non-hydrogen) atoms. The number of carbonyl (C=O) groups is 1. The number of thioether (sulfide) groups is 1. The third kappa shape index (κ3) is 2.95. The van der Waals surface area contributed by atoms with Gasteiger partial charge in [-0.1, -0.05) is 18.2 Å². The van der Waals surface area contributed by atoms with Gasteiger partial charge >= 0.3 is 5.97 Å². The van der Waals surface area contributed by atoms with Gasteiger partial charge in [0.2, 0.25) is 0 Å². The number of rotatable bonds is 5. The third-order valence-electron chi connectivity index (χ3n) is 3.98. The van der Waals surface area contributed by atoms with Crippen LogP contribution in [0, 0.1) is 0 Å². The van der Waals surface area contributed by atoms with E-state index in [9.17, 15) is 9.90 Å². The summed E-state index contributed by atoms with van der Waals surface area (Å²) in [5.74, 6) is -0.671. The summed E-state index contributed by atoms with van der Waals surface area (Å²) in [5, 5.41) is 13.3. The minimum Gasteiger partial charge on any atom is -0.480 e. The SMILES string of the molecule is O=C(O)C1(NC2CC2)CCC(Sc2ccccc2)C1. The molecule has 0 radical (unpaired) electrons. The van der Waals surface area contributed by atoms with Crippen molar-refractivity contribution in [1.29, 1.82) is 0 Å². The summed E-state index contributed by atoms with van der Waals surface area (Å²) in [5.41, 5.74) is -0.673. The highest BCUT2D eigenvalue weighted by Gasteiger charge is 2.48. The molecule has 102 valence electrons. The van der Waals surface area contributed by atoms with Crippen molar-refractivity contribution in [3.63, 3.8) is 0 Å². The van der Waals surface area contributed by atoms with Crippen molar-refractivity contribution < 1.29 is 9.90 Å². The largest absolute Gasteiger partial charge is 0.480 e. The molecule has 0 aromatic heterocycles. The molecule has 2 saturated carbocycles. The number of aliphatic carboxylic acids is 1. The lowest BCUT2D eigenvalue weighted by Crippen LogP contribution is -2.51. The van der Waals surface area contributed by atoms with E-state index in [-0.39, 0.29) is 0 Å². The Morgan fingerprint density at radius 1 is 1.26 bits per heavy atom. The molecule has 1 aromatic carbocycles. The molecule has 2 atom stereocenters. The van der Waals surface area contributed by atoms with Crippen LogP contribution in [-0.2, 0) is 4.79 Å². The van der Waals surface area contributed by atoms with E-state index in [0.29, 0.717) is 11.3 Å². The molecule has 2 N–H and O–H groups in total. The van der Waals surface area contributed by atoms with Crippen molar-refractivity contribution in [3.05, 3.63) is 30.3 Å². The standard InChI is InChI=1S/C15H19NO2S/c17-14(18)15(16-11-6-7-11)9-8-13(10-15)19-12-4-2-1-3-5-12/h1-5,11,13,16H,6-10H2,(H,17,18). The van der Waals surface area contributed by atoms with E-state index in [2.05, 4.69) is 17.4 Å². The molecule has 3 nitrogen and oxygen atoms in total. The Hall–Kier alpha value is -1.00. The fourth-order valence-corrected chi connectivity index (χ4v) is 4.10. The Morgan fingerprint density at radius 2 is 2.00 bits per heavy atom. The lowest BCUT2D eigenvalue weighted by atomic mass is 9.98. The van der Waals surface area contributed by atoms with Crippen molar-refractivity contribution in [3.8, 4) is 0 Å². The molecule has 2 fully saturated rings. The molecule has 1 aromatic rings. The molecule has 3 rings (SSSR count). The summed E-state index contributed by atoms with van der Waals surface area (Å²) in [6.45, 7) is 0. The summed E-state index contributed by atoms with van der Waals surface area (Å²) in [6, 6.07) is 10.7.